The van der Waals surface area contributed by atoms with Crippen LogP contribution in [0.15, 0.2) is 53.3 Å². The number of hydrogen-bond acceptors (Lipinski definition) is 6. The van der Waals surface area contributed by atoms with Gasteiger partial charge in [-0.15, -0.1) is 11.3 Å². The van der Waals surface area contributed by atoms with Gasteiger partial charge in [-0.3, -0.25) is 25.2 Å². The fraction of sp³-hybridized carbons (Fsp3) is 0.136. The van der Waals surface area contributed by atoms with Crippen molar-refractivity contribution < 1.29 is 14.0 Å². The van der Waals surface area contributed by atoms with E-state index in [4.69, 9.17) is 0 Å². The highest BCUT2D eigenvalue weighted by molar-refractivity contribution is 7.17. The van der Waals surface area contributed by atoms with Gasteiger partial charge in [-0.25, -0.2) is 14.1 Å². The summed E-state index contributed by atoms with van der Waals surface area (Å²) in [6.45, 7) is 3.72. The lowest BCUT2D eigenvalue weighted by atomic mass is 10.1. The normalized spacial score (nSPS) is 10.8. The maximum Gasteiger partial charge on any atom is 0.290 e. The van der Waals surface area contributed by atoms with Crippen LogP contribution in [0.3, 0.4) is 0 Å². The summed E-state index contributed by atoms with van der Waals surface area (Å²) >= 11 is 1.13. The van der Waals surface area contributed by atoms with Gasteiger partial charge in [0, 0.05) is 17.5 Å². The topological polar surface area (TPSA) is 106 Å². The van der Waals surface area contributed by atoms with E-state index in [1.807, 2.05) is 0 Å². The molecule has 0 saturated heterocycles. The lowest BCUT2D eigenvalue weighted by molar-refractivity contribution is 0.0845. The van der Waals surface area contributed by atoms with Crippen molar-refractivity contribution >= 4 is 33.9 Å². The van der Waals surface area contributed by atoms with Crippen LogP contribution in [0.2, 0.25) is 0 Å². The molecule has 0 aliphatic heterocycles. The number of fused-ring (bicyclic) bond motifs is 1. The van der Waals surface area contributed by atoms with Crippen LogP contribution >= 0.6 is 11.3 Å². The number of carbonyl (C=O) groups excluding carboxylic acids is 2. The molecule has 2 aromatic carbocycles. The summed E-state index contributed by atoms with van der Waals surface area (Å²) in [5, 5.41) is 5.45. The SMILES string of the molecule is CCn1nc(C(=O)NNC(=O)c2sc(-c3ccc(F)cc3)nc2C)c2ccccc2c1=O. The molecule has 0 aliphatic rings. The van der Waals surface area contributed by atoms with Crippen molar-refractivity contribution in [1.82, 2.24) is 25.6 Å². The van der Waals surface area contributed by atoms with Crippen molar-refractivity contribution in [3.8, 4) is 10.6 Å². The second-order valence-corrected chi connectivity index (χ2v) is 7.86. The first-order valence-corrected chi connectivity index (χ1v) is 10.5. The Morgan fingerprint density at radius 3 is 2.38 bits per heavy atom. The molecule has 32 heavy (non-hydrogen) atoms. The van der Waals surface area contributed by atoms with Crippen LogP contribution in [0.25, 0.3) is 21.3 Å². The Morgan fingerprint density at radius 1 is 1.03 bits per heavy atom. The molecule has 0 atom stereocenters. The van der Waals surface area contributed by atoms with E-state index < -0.39 is 11.8 Å². The van der Waals surface area contributed by atoms with E-state index in [1.165, 1.54) is 16.8 Å². The number of rotatable bonds is 4. The van der Waals surface area contributed by atoms with Crippen molar-refractivity contribution in [3.63, 3.8) is 0 Å². The largest absolute Gasteiger partial charge is 0.290 e. The molecule has 162 valence electrons. The summed E-state index contributed by atoms with van der Waals surface area (Å²) in [6.07, 6.45) is 0. The molecular weight excluding hydrogens is 433 g/mol. The number of nitrogens with zero attached hydrogens (tertiary/aromatic N) is 3. The van der Waals surface area contributed by atoms with Crippen molar-refractivity contribution in [1.29, 1.82) is 0 Å². The quantitative estimate of drug-likeness (QED) is 0.464. The summed E-state index contributed by atoms with van der Waals surface area (Å²) < 4.78 is 14.3. The molecule has 0 bridgehead atoms. The highest BCUT2D eigenvalue weighted by Crippen LogP contribution is 2.28. The first-order chi connectivity index (χ1) is 15.4. The minimum atomic E-state index is -0.655. The molecule has 0 fully saturated rings. The zero-order valence-electron chi connectivity index (χ0n) is 17.2. The molecule has 2 heterocycles. The van der Waals surface area contributed by atoms with Crippen molar-refractivity contribution in [2.24, 2.45) is 0 Å². The molecule has 2 N–H and O–H groups in total. The van der Waals surface area contributed by atoms with Crippen LogP contribution in [-0.2, 0) is 6.54 Å². The number of hydrazine groups is 1. The summed E-state index contributed by atoms with van der Waals surface area (Å²) in [7, 11) is 0. The second-order valence-electron chi connectivity index (χ2n) is 6.86. The molecule has 4 aromatic rings. The van der Waals surface area contributed by atoms with Crippen LogP contribution in [0.1, 0.15) is 32.8 Å². The fourth-order valence-corrected chi connectivity index (χ4v) is 4.14. The van der Waals surface area contributed by atoms with Crippen molar-refractivity contribution in [2.45, 2.75) is 20.4 Å². The number of aryl methyl sites for hydroxylation is 2. The van der Waals surface area contributed by atoms with Crippen molar-refractivity contribution in [3.05, 3.63) is 81.0 Å². The van der Waals surface area contributed by atoms with E-state index >= 15 is 0 Å². The van der Waals surface area contributed by atoms with Gasteiger partial charge in [-0.1, -0.05) is 18.2 Å². The van der Waals surface area contributed by atoms with Gasteiger partial charge >= 0.3 is 0 Å². The molecule has 0 unspecified atom stereocenters. The second kappa shape index (κ2) is 8.67. The summed E-state index contributed by atoms with van der Waals surface area (Å²) in [6, 6.07) is 12.5. The van der Waals surface area contributed by atoms with Crippen LogP contribution in [0, 0.1) is 12.7 Å². The zero-order valence-corrected chi connectivity index (χ0v) is 18.0. The number of nitrogens with one attached hydrogen (secondary N) is 2. The van der Waals surface area contributed by atoms with Gasteiger partial charge < -0.3 is 0 Å². The van der Waals surface area contributed by atoms with Gasteiger partial charge in [-0.05, 0) is 44.2 Å². The maximum atomic E-state index is 13.2. The van der Waals surface area contributed by atoms with Crippen LogP contribution in [0.5, 0.6) is 0 Å². The summed E-state index contributed by atoms with van der Waals surface area (Å²) in [5.41, 5.74) is 5.62. The highest BCUT2D eigenvalue weighted by atomic mass is 32.1. The average molecular weight is 451 g/mol. The molecule has 8 nitrogen and oxygen atoms in total. The zero-order chi connectivity index (χ0) is 22.8. The van der Waals surface area contributed by atoms with Gasteiger partial charge in [0.1, 0.15) is 15.7 Å². The average Bonchev–Trinajstić information content (AvgIpc) is 3.20. The van der Waals surface area contributed by atoms with Gasteiger partial charge in [0.15, 0.2) is 5.69 Å². The van der Waals surface area contributed by atoms with Gasteiger partial charge in [0.05, 0.1) is 11.1 Å². The Morgan fingerprint density at radius 2 is 1.69 bits per heavy atom. The van der Waals surface area contributed by atoms with E-state index in [1.54, 1.807) is 50.2 Å². The lowest BCUT2D eigenvalue weighted by Gasteiger charge is -2.10. The third kappa shape index (κ3) is 4.00. The molecule has 4 rings (SSSR count). The molecule has 2 aromatic heterocycles. The summed E-state index contributed by atoms with van der Waals surface area (Å²) in [5.74, 6) is -1.56. The Hall–Kier alpha value is -3.92. The molecule has 0 spiro atoms. The van der Waals surface area contributed by atoms with E-state index in [0.717, 1.165) is 11.3 Å². The summed E-state index contributed by atoms with van der Waals surface area (Å²) in [4.78, 5) is 42.5. The minimum Gasteiger partial charge on any atom is -0.267 e. The first-order valence-electron chi connectivity index (χ1n) is 9.73. The van der Waals surface area contributed by atoms with E-state index in [2.05, 4.69) is 20.9 Å². The minimum absolute atomic E-state index is 0.0235. The predicted molar refractivity (Wildman–Crippen MR) is 119 cm³/mol. The molecule has 10 heteroatoms. The van der Waals surface area contributed by atoms with E-state index in [-0.39, 0.29) is 17.1 Å². The number of benzene rings is 2. The standard InChI is InChI=1S/C22H18FN5O3S/c1-3-28-22(31)16-7-5-4-6-15(16)17(27-28)19(29)25-26-20(30)18-12(2)24-21(32-18)13-8-10-14(23)11-9-13/h4-11H,3H2,1-2H3,(H,25,29)(H,26,30). The fourth-order valence-electron chi connectivity index (χ4n) is 3.17. The number of hydrogen-bond donors (Lipinski definition) is 2. The number of halogens is 1. The van der Waals surface area contributed by atoms with E-state index in [9.17, 15) is 18.8 Å². The Balaban J connectivity index is 1.55. The lowest BCUT2D eigenvalue weighted by Crippen LogP contribution is -2.42. The highest BCUT2D eigenvalue weighted by Gasteiger charge is 2.20. The maximum absolute atomic E-state index is 13.2. The van der Waals surface area contributed by atoms with Crippen molar-refractivity contribution in [2.75, 3.05) is 0 Å². The molecule has 0 radical (unpaired) electrons. The molecule has 2 amide bonds. The third-order valence-electron chi connectivity index (χ3n) is 4.77. The van der Waals surface area contributed by atoms with Crippen LogP contribution in [-0.4, -0.2) is 26.6 Å². The van der Waals surface area contributed by atoms with E-state index in [0.29, 0.717) is 38.5 Å². The van der Waals surface area contributed by atoms with Crippen LogP contribution < -0.4 is 16.4 Å². The van der Waals surface area contributed by atoms with Gasteiger partial charge in [-0.2, -0.15) is 5.10 Å². The number of thiazole rings is 1. The molecular formula is C22H18FN5O3S. The molecule has 0 aliphatic carbocycles. The first kappa shape index (κ1) is 21.3. The third-order valence-corrected chi connectivity index (χ3v) is 5.97. The Kier molecular flexibility index (Phi) is 5.78. The Labute approximate surface area is 185 Å². The smallest absolute Gasteiger partial charge is 0.267 e. The number of carbonyl (C=O) groups is 2. The van der Waals surface area contributed by atoms with Crippen LogP contribution in [0.4, 0.5) is 4.39 Å². The monoisotopic (exact) mass is 451 g/mol. The van der Waals surface area contributed by atoms with Gasteiger partial charge in [0.2, 0.25) is 0 Å². The number of amides is 2. The Bertz CT molecular complexity index is 1400. The molecule has 0 saturated carbocycles. The number of aromatic nitrogens is 3. The van der Waals surface area contributed by atoms with Gasteiger partial charge in [0.25, 0.3) is 17.4 Å². The predicted octanol–water partition coefficient (Wildman–Crippen LogP) is 3.06.